The number of amides is 1. The van der Waals surface area contributed by atoms with E-state index in [1.54, 1.807) is 18.2 Å². The van der Waals surface area contributed by atoms with Gasteiger partial charge >= 0.3 is 0 Å². The lowest BCUT2D eigenvalue weighted by Crippen LogP contribution is -2.40. The number of hydrogen-bond acceptors (Lipinski definition) is 4. The first kappa shape index (κ1) is 21.6. The van der Waals surface area contributed by atoms with E-state index in [0.29, 0.717) is 27.6 Å². The maximum absolute atomic E-state index is 12.7. The van der Waals surface area contributed by atoms with Crippen molar-refractivity contribution in [3.8, 4) is 0 Å². The Morgan fingerprint density at radius 2 is 1.97 bits per heavy atom. The van der Waals surface area contributed by atoms with Gasteiger partial charge in [-0.3, -0.25) is 9.78 Å². The molecule has 5 nitrogen and oxygen atoms in total. The lowest BCUT2D eigenvalue weighted by Gasteiger charge is -2.32. The van der Waals surface area contributed by atoms with Crippen LogP contribution in [0.5, 0.6) is 0 Å². The van der Waals surface area contributed by atoms with Crippen molar-refractivity contribution in [1.82, 2.24) is 20.5 Å². The molecule has 0 radical (unpaired) electrons. The van der Waals surface area contributed by atoms with Gasteiger partial charge in [-0.25, -0.2) is 0 Å². The fraction of sp³-hybridized carbons (Fsp3) is 0.478. The van der Waals surface area contributed by atoms with Crippen molar-refractivity contribution in [3.63, 3.8) is 0 Å². The summed E-state index contributed by atoms with van der Waals surface area (Å²) < 4.78 is 0. The summed E-state index contributed by atoms with van der Waals surface area (Å²) in [5.74, 6) is 0.601. The average Bonchev–Trinajstić information content (AvgIpc) is 3.31. The molecule has 160 valence electrons. The minimum absolute atomic E-state index is 0.0292. The number of halogens is 2. The zero-order valence-electron chi connectivity index (χ0n) is 17.0. The molecule has 2 fully saturated rings. The summed E-state index contributed by atoms with van der Waals surface area (Å²) >= 11 is 12.0. The predicted molar refractivity (Wildman–Crippen MR) is 121 cm³/mol. The van der Waals surface area contributed by atoms with Gasteiger partial charge in [0, 0.05) is 31.2 Å². The van der Waals surface area contributed by atoms with Crippen LogP contribution in [0, 0.1) is 5.92 Å². The van der Waals surface area contributed by atoms with E-state index in [-0.39, 0.29) is 5.91 Å². The Hall–Kier alpha value is -1.66. The number of piperidine rings is 1. The van der Waals surface area contributed by atoms with Gasteiger partial charge in [-0.1, -0.05) is 29.3 Å². The fourth-order valence-corrected chi connectivity index (χ4v) is 4.58. The highest BCUT2D eigenvalue weighted by Gasteiger charge is 2.24. The Morgan fingerprint density at radius 1 is 1.13 bits per heavy atom. The maximum atomic E-state index is 12.7. The van der Waals surface area contributed by atoms with Gasteiger partial charge in [0.05, 0.1) is 21.4 Å². The molecular formula is C23H28Cl2N4O. The van der Waals surface area contributed by atoms with Gasteiger partial charge in [-0.05, 0) is 75.0 Å². The van der Waals surface area contributed by atoms with Gasteiger partial charge in [0.1, 0.15) is 0 Å². The first-order valence-electron chi connectivity index (χ1n) is 10.7. The molecule has 2 N–H and O–H groups in total. The van der Waals surface area contributed by atoms with E-state index >= 15 is 0 Å². The molecule has 0 aliphatic carbocycles. The zero-order valence-corrected chi connectivity index (χ0v) is 18.6. The van der Waals surface area contributed by atoms with Crippen LogP contribution in [0.1, 0.15) is 53.5 Å². The second kappa shape index (κ2) is 10.1. The monoisotopic (exact) mass is 446 g/mol. The molecule has 1 aromatic carbocycles. The Morgan fingerprint density at radius 3 is 2.70 bits per heavy atom. The second-order valence-electron chi connectivity index (χ2n) is 8.20. The SMILES string of the molecule is O=C(c1ccc(Cl)c(Cl)c1)N1CCC(CNCc2cccc(C3CCCN3)n2)CC1. The number of carbonyl (C=O) groups excluding carboxylic acids is 1. The molecule has 30 heavy (non-hydrogen) atoms. The fourth-order valence-electron chi connectivity index (χ4n) is 4.28. The normalized spacial score (nSPS) is 19.9. The molecular weight excluding hydrogens is 419 g/mol. The Balaban J connectivity index is 1.22. The van der Waals surface area contributed by atoms with Crippen LogP contribution in [0.2, 0.25) is 10.0 Å². The lowest BCUT2D eigenvalue weighted by atomic mass is 9.96. The highest BCUT2D eigenvalue weighted by molar-refractivity contribution is 6.42. The lowest BCUT2D eigenvalue weighted by molar-refractivity contribution is 0.0690. The van der Waals surface area contributed by atoms with Crippen molar-refractivity contribution in [2.45, 2.75) is 38.3 Å². The standard InChI is InChI=1S/C23H28Cl2N4O/c24-19-7-6-17(13-20(19)25)23(30)29-11-8-16(9-12-29)14-26-15-18-3-1-4-22(28-18)21-5-2-10-27-21/h1,3-4,6-7,13,16,21,26-27H,2,5,8-12,14-15H2. The van der Waals surface area contributed by atoms with Gasteiger partial charge in [0.25, 0.3) is 5.91 Å². The van der Waals surface area contributed by atoms with Crippen LogP contribution in [0.3, 0.4) is 0 Å². The molecule has 1 amide bonds. The third-order valence-corrected chi connectivity index (χ3v) is 6.79. The molecule has 0 bridgehead atoms. The number of benzene rings is 1. The molecule has 4 rings (SSSR count). The molecule has 1 aromatic heterocycles. The van der Waals surface area contributed by atoms with E-state index in [1.165, 1.54) is 12.8 Å². The van der Waals surface area contributed by atoms with Crippen molar-refractivity contribution in [3.05, 3.63) is 63.4 Å². The number of aromatic nitrogens is 1. The molecule has 0 saturated carbocycles. The summed E-state index contributed by atoms with van der Waals surface area (Å²) in [5, 5.41) is 7.96. The number of hydrogen-bond donors (Lipinski definition) is 2. The quantitative estimate of drug-likeness (QED) is 0.687. The molecule has 2 aliphatic heterocycles. The van der Waals surface area contributed by atoms with Gasteiger partial charge in [-0.2, -0.15) is 0 Å². The Bertz CT molecular complexity index is 877. The molecule has 1 atom stereocenters. The van der Waals surface area contributed by atoms with Gasteiger partial charge in [-0.15, -0.1) is 0 Å². The first-order valence-corrected chi connectivity index (χ1v) is 11.5. The van der Waals surface area contributed by atoms with Crippen LogP contribution in [0.15, 0.2) is 36.4 Å². The third kappa shape index (κ3) is 5.33. The Kier molecular flexibility index (Phi) is 7.26. The molecule has 2 saturated heterocycles. The van der Waals surface area contributed by atoms with Gasteiger partial charge in [0.2, 0.25) is 0 Å². The van der Waals surface area contributed by atoms with Crippen molar-refractivity contribution >= 4 is 29.1 Å². The molecule has 2 aliphatic rings. The van der Waals surface area contributed by atoms with Crippen LogP contribution in [0.4, 0.5) is 0 Å². The molecule has 1 unspecified atom stereocenters. The highest BCUT2D eigenvalue weighted by atomic mass is 35.5. The van der Waals surface area contributed by atoms with E-state index in [0.717, 1.165) is 57.0 Å². The van der Waals surface area contributed by atoms with Gasteiger partial charge < -0.3 is 15.5 Å². The summed E-state index contributed by atoms with van der Waals surface area (Å²) in [6, 6.07) is 11.8. The number of pyridine rings is 1. The first-order chi connectivity index (χ1) is 14.6. The highest BCUT2D eigenvalue weighted by Crippen LogP contribution is 2.25. The van der Waals surface area contributed by atoms with Crippen molar-refractivity contribution in [2.24, 2.45) is 5.92 Å². The van der Waals surface area contributed by atoms with E-state index in [2.05, 4.69) is 28.8 Å². The topological polar surface area (TPSA) is 57.3 Å². The van der Waals surface area contributed by atoms with E-state index in [9.17, 15) is 4.79 Å². The van der Waals surface area contributed by atoms with Gasteiger partial charge in [0.15, 0.2) is 0 Å². The molecule has 3 heterocycles. The van der Waals surface area contributed by atoms with Crippen molar-refractivity contribution in [1.29, 1.82) is 0 Å². The number of likely N-dealkylation sites (tertiary alicyclic amines) is 1. The summed E-state index contributed by atoms with van der Waals surface area (Å²) in [6.07, 6.45) is 4.39. The number of rotatable bonds is 6. The van der Waals surface area contributed by atoms with Crippen molar-refractivity contribution in [2.75, 3.05) is 26.2 Å². The third-order valence-electron chi connectivity index (χ3n) is 6.05. The van der Waals surface area contributed by atoms with Crippen LogP contribution in [-0.4, -0.2) is 42.0 Å². The summed E-state index contributed by atoms with van der Waals surface area (Å²) in [6.45, 7) is 4.35. The largest absolute Gasteiger partial charge is 0.339 e. The van der Waals surface area contributed by atoms with Crippen LogP contribution in [0.25, 0.3) is 0 Å². The van der Waals surface area contributed by atoms with E-state index in [1.807, 2.05) is 4.90 Å². The molecule has 2 aromatic rings. The average molecular weight is 447 g/mol. The van der Waals surface area contributed by atoms with Crippen LogP contribution >= 0.6 is 23.2 Å². The number of nitrogens with one attached hydrogen (secondary N) is 2. The van der Waals surface area contributed by atoms with E-state index in [4.69, 9.17) is 28.2 Å². The number of nitrogens with zero attached hydrogens (tertiary/aromatic N) is 2. The minimum atomic E-state index is 0.0292. The predicted octanol–water partition coefficient (Wildman–Crippen LogP) is 4.45. The van der Waals surface area contributed by atoms with Crippen molar-refractivity contribution < 1.29 is 4.79 Å². The second-order valence-corrected chi connectivity index (χ2v) is 9.01. The molecule has 7 heteroatoms. The zero-order chi connectivity index (χ0) is 20.9. The Labute approximate surface area is 188 Å². The maximum Gasteiger partial charge on any atom is 0.253 e. The van der Waals surface area contributed by atoms with Crippen LogP contribution < -0.4 is 10.6 Å². The summed E-state index contributed by atoms with van der Waals surface area (Å²) in [5.41, 5.74) is 2.85. The minimum Gasteiger partial charge on any atom is -0.339 e. The number of carbonyl (C=O) groups is 1. The summed E-state index contributed by atoms with van der Waals surface area (Å²) in [7, 11) is 0. The smallest absolute Gasteiger partial charge is 0.253 e. The molecule has 0 spiro atoms. The summed E-state index contributed by atoms with van der Waals surface area (Å²) in [4.78, 5) is 19.4. The van der Waals surface area contributed by atoms with E-state index < -0.39 is 0 Å². The van der Waals surface area contributed by atoms with Crippen LogP contribution in [-0.2, 0) is 6.54 Å².